The van der Waals surface area contributed by atoms with Crippen molar-refractivity contribution in [1.29, 1.82) is 0 Å². The zero-order chi connectivity index (χ0) is 7.14. The minimum Gasteiger partial charge on any atom is -0.133 e. The molecule has 0 aliphatic heterocycles. The molecule has 1 aliphatic carbocycles. The van der Waals surface area contributed by atoms with Crippen LogP contribution in [0.4, 0.5) is 0 Å². The summed E-state index contributed by atoms with van der Waals surface area (Å²) in [5.74, 6) is 0.803. The van der Waals surface area contributed by atoms with Crippen LogP contribution in [0.15, 0.2) is 9.85 Å². The summed E-state index contributed by atoms with van der Waals surface area (Å²) >= 11 is 5.40. The summed E-state index contributed by atoms with van der Waals surface area (Å²) in [5, 5.41) is 0. The summed E-state index contributed by atoms with van der Waals surface area (Å²) in [5.41, 5.74) is 1.58. The van der Waals surface area contributed by atoms with Gasteiger partial charge in [0.15, 0.2) is 0 Å². The molecule has 0 saturated heterocycles. The van der Waals surface area contributed by atoms with Gasteiger partial charge in [0.05, 0.1) is 3.79 Å². The van der Waals surface area contributed by atoms with Crippen LogP contribution >= 0.6 is 27.3 Å². The Labute approximate surface area is 73.4 Å². The average Bonchev–Trinajstić information content (AvgIpc) is 2.35. The third-order valence-electron chi connectivity index (χ3n) is 2.15. The van der Waals surface area contributed by atoms with Crippen LogP contribution in [0.25, 0.3) is 0 Å². The Balaban J connectivity index is 2.49. The van der Waals surface area contributed by atoms with E-state index in [0.29, 0.717) is 0 Å². The molecule has 0 radical (unpaired) electrons. The van der Waals surface area contributed by atoms with Gasteiger partial charge in [-0.25, -0.2) is 0 Å². The van der Waals surface area contributed by atoms with Crippen molar-refractivity contribution in [2.24, 2.45) is 0 Å². The lowest BCUT2D eigenvalue weighted by atomic mass is 10.1. The summed E-state index contributed by atoms with van der Waals surface area (Å²) in [6.45, 7) is 2.31. The fourth-order valence-corrected chi connectivity index (χ4v) is 3.38. The van der Waals surface area contributed by atoms with Gasteiger partial charge in [0.2, 0.25) is 0 Å². The average molecular weight is 217 g/mol. The van der Waals surface area contributed by atoms with E-state index < -0.39 is 0 Å². The standard InChI is InChI=1S/C8H9BrS/c1-5-2-3-7-6(5)4-8(9)10-7/h4-5H,2-3H2,1H3. The van der Waals surface area contributed by atoms with Crippen molar-refractivity contribution >= 4 is 27.3 Å². The van der Waals surface area contributed by atoms with Gasteiger partial charge < -0.3 is 0 Å². The molecule has 0 spiro atoms. The largest absolute Gasteiger partial charge is 0.133 e. The van der Waals surface area contributed by atoms with Gasteiger partial charge in [-0.05, 0) is 46.3 Å². The molecule has 54 valence electrons. The molecular weight excluding hydrogens is 208 g/mol. The Morgan fingerprint density at radius 2 is 2.50 bits per heavy atom. The molecule has 1 atom stereocenters. The van der Waals surface area contributed by atoms with Crippen LogP contribution in [0.1, 0.15) is 29.7 Å². The maximum absolute atomic E-state index is 3.50. The molecule has 1 aromatic heterocycles. The molecule has 1 aromatic rings. The van der Waals surface area contributed by atoms with E-state index in [4.69, 9.17) is 0 Å². The molecule has 10 heavy (non-hydrogen) atoms. The molecule has 1 heterocycles. The first-order chi connectivity index (χ1) is 4.77. The lowest BCUT2D eigenvalue weighted by Gasteiger charge is -1.96. The summed E-state index contributed by atoms with van der Waals surface area (Å²) in [4.78, 5) is 1.60. The van der Waals surface area contributed by atoms with Crippen LogP contribution in [0, 0.1) is 0 Å². The van der Waals surface area contributed by atoms with Gasteiger partial charge in [-0.3, -0.25) is 0 Å². The molecule has 2 heteroatoms. The lowest BCUT2D eigenvalue weighted by Crippen LogP contribution is -1.80. The number of fused-ring (bicyclic) bond motifs is 1. The van der Waals surface area contributed by atoms with Crippen LogP contribution in [-0.4, -0.2) is 0 Å². The summed E-state index contributed by atoms with van der Waals surface area (Å²) in [6.07, 6.45) is 2.65. The van der Waals surface area contributed by atoms with Gasteiger partial charge in [-0.1, -0.05) is 6.92 Å². The maximum atomic E-state index is 3.50. The Kier molecular flexibility index (Phi) is 1.61. The second kappa shape index (κ2) is 2.35. The number of hydrogen-bond acceptors (Lipinski definition) is 1. The van der Waals surface area contributed by atoms with E-state index in [1.165, 1.54) is 16.6 Å². The Morgan fingerprint density at radius 1 is 1.70 bits per heavy atom. The second-order valence-corrected chi connectivity index (χ2v) is 5.38. The summed E-state index contributed by atoms with van der Waals surface area (Å²) in [6, 6.07) is 2.28. The van der Waals surface area contributed by atoms with Gasteiger partial charge in [0.25, 0.3) is 0 Å². The minimum absolute atomic E-state index is 0.803. The zero-order valence-electron chi connectivity index (χ0n) is 5.86. The molecule has 0 N–H and O–H groups in total. The molecule has 0 amide bonds. The third-order valence-corrected chi connectivity index (χ3v) is 3.86. The highest BCUT2D eigenvalue weighted by Gasteiger charge is 2.20. The number of thiophene rings is 1. The molecule has 0 saturated carbocycles. The molecule has 0 aromatic carbocycles. The van der Waals surface area contributed by atoms with Crippen molar-refractivity contribution in [3.8, 4) is 0 Å². The van der Waals surface area contributed by atoms with Crippen molar-refractivity contribution < 1.29 is 0 Å². The van der Waals surface area contributed by atoms with Gasteiger partial charge in [0.1, 0.15) is 0 Å². The number of halogens is 1. The van der Waals surface area contributed by atoms with Gasteiger partial charge in [0, 0.05) is 4.88 Å². The van der Waals surface area contributed by atoms with Crippen LogP contribution < -0.4 is 0 Å². The smallest absolute Gasteiger partial charge is 0.0704 e. The molecule has 1 aliphatic rings. The zero-order valence-corrected chi connectivity index (χ0v) is 8.26. The highest BCUT2D eigenvalue weighted by molar-refractivity contribution is 9.11. The van der Waals surface area contributed by atoms with Crippen LogP contribution in [0.3, 0.4) is 0 Å². The molecule has 0 fully saturated rings. The SMILES string of the molecule is CC1CCc2sc(Br)cc21. The first-order valence-corrected chi connectivity index (χ1v) is 5.16. The molecular formula is C8H9BrS. The summed E-state index contributed by atoms with van der Waals surface area (Å²) < 4.78 is 1.30. The van der Waals surface area contributed by atoms with Crippen molar-refractivity contribution in [2.45, 2.75) is 25.7 Å². The van der Waals surface area contributed by atoms with Gasteiger partial charge in [-0.2, -0.15) is 0 Å². The topological polar surface area (TPSA) is 0 Å². The van der Waals surface area contributed by atoms with Crippen LogP contribution in [0.5, 0.6) is 0 Å². The van der Waals surface area contributed by atoms with Crippen molar-refractivity contribution in [1.82, 2.24) is 0 Å². The highest BCUT2D eigenvalue weighted by atomic mass is 79.9. The van der Waals surface area contributed by atoms with E-state index in [1.807, 2.05) is 11.3 Å². The van der Waals surface area contributed by atoms with E-state index in [2.05, 4.69) is 28.9 Å². The van der Waals surface area contributed by atoms with Crippen LogP contribution in [0.2, 0.25) is 0 Å². The van der Waals surface area contributed by atoms with Gasteiger partial charge in [-0.15, -0.1) is 11.3 Å². The van der Waals surface area contributed by atoms with E-state index in [1.54, 1.807) is 10.4 Å². The van der Waals surface area contributed by atoms with E-state index >= 15 is 0 Å². The van der Waals surface area contributed by atoms with E-state index in [0.717, 1.165) is 5.92 Å². The molecule has 0 nitrogen and oxygen atoms in total. The Morgan fingerprint density at radius 3 is 3.20 bits per heavy atom. The number of aryl methyl sites for hydroxylation is 1. The quantitative estimate of drug-likeness (QED) is 0.623. The fraction of sp³-hybridized carbons (Fsp3) is 0.500. The Hall–Kier alpha value is 0.180. The van der Waals surface area contributed by atoms with Crippen LogP contribution in [-0.2, 0) is 6.42 Å². The molecule has 1 unspecified atom stereocenters. The first-order valence-electron chi connectivity index (χ1n) is 3.55. The number of hydrogen-bond donors (Lipinski definition) is 0. The third kappa shape index (κ3) is 0.940. The molecule has 2 rings (SSSR count). The predicted octanol–water partition coefficient (Wildman–Crippen LogP) is 3.56. The van der Waals surface area contributed by atoms with Crippen molar-refractivity contribution in [2.75, 3.05) is 0 Å². The highest BCUT2D eigenvalue weighted by Crippen LogP contribution is 2.40. The minimum atomic E-state index is 0.803. The predicted molar refractivity (Wildman–Crippen MR) is 48.8 cm³/mol. The first kappa shape index (κ1) is 6.86. The number of rotatable bonds is 0. The Bertz CT molecular complexity index is 252. The normalized spacial score (nSPS) is 23.2. The second-order valence-electron chi connectivity index (χ2n) is 2.87. The van der Waals surface area contributed by atoms with E-state index in [-0.39, 0.29) is 0 Å². The van der Waals surface area contributed by atoms with Gasteiger partial charge >= 0.3 is 0 Å². The van der Waals surface area contributed by atoms with Crippen molar-refractivity contribution in [3.63, 3.8) is 0 Å². The summed E-state index contributed by atoms with van der Waals surface area (Å²) in [7, 11) is 0. The lowest BCUT2D eigenvalue weighted by molar-refractivity contribution is 0.747. The van der Waals surface area contributed by atoms with E-state index in [9.17, 15) is 0 Å². The van der Waals surface area contributed by atoms with Crippen molar-refractivity contribution in [3.05, 3.63) is 20.3 Å². The monoisotopic (exact) mass is 216 g/mol. The molecule has 0 bridgehead atoms. The maximum Gasteiger partial charge on any atom is 0.0704 e. The fourth-order valence-electron chi connectivity index (χ4n) is 1.52.